The van der Waals surface area contributed by atoms with E-state index in [-0.39, 0.29) is 5.91 Å². The van der Waals surface area contributed by atoms with Gasteiger partial charge in [0.2, 0.25) is 5.91 Å². The summed E-state index contributed by atoms with van der Waals surface area (Å²) in [6.45, 7) is 3.95. The van der Waals surface area contributed by atoms with Crippen molar-refractivity contribution in [3.05, 3.63) is 11.8 Å². The van der Waals surface area contributed by atoms with E-state index in [0.29, 0.717) is 18.0 Å². The Bertz CT molecular complexity index is 307. The summed E-state index contributed by atoms with van der Waals surface area (Å²) in [6, 6.07) is 1.71. The van der Waals surface area contributed by atoms with Crippen molar-refractivity contribution < 1.29 is 9.32 Å². The van der Waals surface area contributed by atoms with Gasteiger partial charge in [-0.15, -0.1) is 0 Å². The third-order valence-corrected chi connectivity index (χ3v) is 2.15. The lowest BCUT2D eigenvalue weighted by atomic mass is 10.1. The first-order chi connectivity index (χ1) is 7.22. The standard InChI is InChI=1S/C11H18N2O2/c1-3-4-5-6-7-11(14)12-10-8-9(2)15-13-10/h8H,3-7H2,1-2H3,(H,12,13,14). The van der Waals surface area contributed by atoms with Gasteiger partial charge in [-0.2, -0.15) is 0 Å². The van der Waals surface area contributed by atoms with E-state index in [0.717, 1.165) is 12.8 Å². The Morgan fingerprint density at radius 2 is 2.27 bits per heavy atom. The first kappa shape index (κ1) is 11.8. The van der Waals surface area contributed by atoms with Crippen LogP contribution < -0.4 is 5.32 Å². The molecular formula is C11H18N2O2. The van der Waals surface area contributed by atoms with Crippen molar-refractivity contribution in [1.82, 2.24) is 5.16 Å². The Hall–Kier alpha value is -1.32. The molecule has 4 nitrogen and oxygen atoms in total. The van der Waals surface area contributed by atoms with Crippen molar-refractivity contribution in [1.29, 1.82) is 0 Å². The van der Waals surface area contributed by atoms with E-state index in [9.17, 15) is 4.79 Å². The van der Waals surface area contributed by atoms with Crippen LogP contribution in [-0.2, 0) is 4.79 Å². The summed E-state index contributed by atoms with van der Waals surface area (Å²) in [4.78, 5) is 11.4. The first-order valence-corrected chi connectivity index (χ1v) is 5.45. The SMILES string of the molecule is CCCCCCC(=O)Nc1cc(C)on1. The third-order valence-electron chi connectivity index (χ3n) is 2.15. The summed E-state index contributed by atoms with van der Waals surface area (Å²) in [5.74, 6) is 1.23. The lowest BCUT2D eigenvalue weighted by Crippen LogP contribution is -2.11. The monoisotopic (exact) mass is 210 g/mol. The van der Waals surface area contributed by atoms with Gasteiger partial charge in [0, 0.05) is 12.5 Å². The molecule has 0 radical (unpaired) electrons. The molecule has 1 heterocycles. The Labute approximate surface area is 90.0 Å². The van der Waals surface area contributed by atoms with E-state index in [2.05, 4.69) is 17.4 Å². The number of amides is 1. The molecule has 0 aromatic carbocycles. The van der Waals surface area contributed by atoms with Crippen LogP contribution in [-0.4, -0.2) is 11.1 Å². The number of aryl methyl sites for hydroxylation is 1. The number of unbranched alkanes of at least 4 members (excludes halogenated alkanes) is 3. The molecule has 1 aromatic heterocycles. The molecule has 0 atom stereocenters. The summed E-state index contributed by atoms with van der Waals surface area (Å²) in [5, 5.41) is 6.39. The minimum Gasteiger partial charge on any atom is -0.360 e. The predicted octanol–water partition coefficient (Wildman–Crippen LogP) is 2.89. The molecule has 4 heteroatoms. The predicted molar refractivity (Wildman–Crippen MR) is 58.6 cm³/mol. The van der Waals surface area contributed by atoms with E-state index in [1.165, 1.54) is 12.8 Å². The highest BCUT2D eigenvalue weighted by molar-refractivity contribution is 5.89. The molecule has 0 saturated carbocycles. The molecule has 0 aliphatic heterocycles. The maximum Gasteiger partial charge on any atom is 0.225 e. The molecule has 1 rings (SSSR count). The Kier molecular flexibility index (Phi) is 4.87. The summed E-state index contributed by atoms with van der Waals surface area (Å²) in [7, 11) is 0. The molecule has 1 N–H and O–H groups in total. The van der Waals surface area contributed by atoms with Crippen LogP contribution in [0.25, 0.3) is 0 Å². The van der Waals surface area contributed by atoms with Crippen molar-refractivity contribution >= 4 is 11.7 Å². The van der Waals surface area contributed by atoms with Gasteiger partial charge in [-0.1, -0.05) is 31.3 Å². The number of carbonyl (C=O) groups excluding carboxylic acids is 1. The van der Waals surface area contributed by atoms with E-state index >= 15 is 0 Å². The molecule has 0 aliphatic carbocycles. The van der Waals surface area contributed by atoms with E-state index in [1.54, 1.807) is 13.0 Å². The maximum atomic E-state index is 11.4. The summed E-state index contributed by atoms with van der Waals surface area (Å²) in [5.41, 5.74) is 0. The van der Waals surface area contributed by atoms with Crippen molar-refractivity contribution in [2.45, 2.75) is 46.0 Å². The van der Waals surface area contributed by atoms with E-state index < -0.39 is 0 Å². The molecule has 0 fully saturated rings. The maximum absolute atomic E-state index is 11.4. The van der Waals surface area contributed by atoms with Crippen LogP contribution in [0.1, 0.15) is 44.8 Å². The van der Waals surface area contributed by atoms with Gasteiger partial charge in [0.25, 0.3) is 0 Å². The summed E-state index contributed by atoms with van der Waals surface area (Å²) >= 11 is 0. The van der Waals surface area contributed by atoms with Gasteiger partial charge in [-0.3, -0.25) is 4.79 Å². The molecule has 15 heavy (non-hydrogen) atoms. The van der Waals surface area contributed by atoms with Crippen molar-refractivity contribution in [2.24, 2.45) is 0 Å². The molecule has 84 valence electrons. The number of hydrogen-bond acceptors (Lipinski definition) is 3. The van der Waals surface area contributed by atoms with Crippen LogP contribution in [0, 0.1) is 6.92 Å². The molecular weight excluding hydrogens is 192 g/mol. The quantitative estimate of drug-likeness (QED) is 0.734. The topological polar surface area (TPSA) is 55.1 Å². The molecule has 0 unspecified atom stereocenters. The summed E-state index contributed by atoms with van der Waals surface area (Å²) in [6.07, 6.45) is 4.99. The van der Waals surface area contributed by atoms with Crippen LogP contribution in [0.3, 0.4) is 0 Å². The lowest BCUT2D eigenvalue weighted by Gasteiger charge is -2.00. The molecule has 1 aromatic rings. The smallest absolute Gasteiger partial charge is 0.225 e. The summed E-state index contributed by atoms with van der Waals surface area (Å²) < 4.78 is 4.84. The van der Waals surface area contributed by atoms with Gasteiger partial charge in [-0.05, 0) is 13.3 Å². The molecule has 0 bridgehead atoms. The number of aromatic nitrogens is 1. The number of carbonyl (C=O) groups is 1. The van der Waals surface area contributed by atoms with Gasteiger partial charge in [-0.25, -0.2) is 0 Å². The third kappa shape index (κ3) is 4.63. The Morgan fingerprint density at radius 1 is 1.47 bits per heavy atom. The van der Waals surface area contributed by atoms with Crippen LogP contribution in [0.5, 0.6) is 0 Å². The fourth-order valence-electron chi connectivity index (χ4n) is 1.34. The minimum atomic E-state index is 0.0133. The second-order valence-electron chi connectivity index (χ2n) is 3.68. The first-order valence-electron chi connectivity index (χ1n) is 5.45. The lowest BCUT2D eigenvalue weighted by molar-refractivity contribution is -0.116. The number of nitrogens with zero attached hydrogens (tertiary/aromatic N) is 1. The van der Waals surface area contributed by atoms with Crippen molar-refractivity contribution in [2.75, 3.05) is 5.32 Å². The second kappa shape index (κ2) is 6.22. The second-order valence-corrected chi connectivity index (χ2v) is 3.68. The highest BCUT2D eigenvalue weighted by atomic mass is 16.5. The Morgan fingerprint density at radius 3 is 2.87 bits per heavy atom. The van der Waals surface area contributed by atoms with Crippen LogP contribution in [0.2, 0.25) is 0 Å². The van der Waals surface area contributed by atoms with Gasteiger partial charge in [0.1, 0.15) is 5.76 Å². The Balaban J connectivity index is 2.18. The molecule has 0 aliphatic rings. The molecule has 0 spiro atoms. The van der Waals surface area contributed by atoms with Crippen LogP contribution >= 0.6 is 0 Å². The highest BCUT2D eigenvalue weighted by Gasteiger charge is 2.05. The number of nitrogens with one attached hydrogen (secondary N) is 1. The van der Waals surface area contributed by atoms with Crippen LogP contribution in [0.15, 0.2) is 10.6 Å². The normalized spacial score (nSPS) is 10.3. The van der Waals surface area contributed by atoms with Gasteiger partial charge >= 0.3 is 0 Å². The molecule has 1 amide bonds. The number of rotatable bonds is 6. The zero-order chi connectivity index (χ0) is 11.1. The van der Waals surface area contributed by atoms with E-state index in [4.69, 9.17) is 4.52 Å². The largest absolute Gasteiger partial charge is 0.360 e. The van der Waals surface area contributed by atoms with Crippen LogP contribution in [0.4, 0.5) is 5.82 Å². The zero-order valence-electron chi connectivity index (χ0n) is 9.38. The zero-order valence-corrected chi connectivity index (χ0v) is 9.38. The van der Waals surface area contributed by atoms with Gasteiger partial charge < -0.3 is 9.84 Å². The fraction of sp³-hybridized carbons (Fsp3) is 0.636. The highest BCUT2D eigenvalue weighted by Crippen LogP contribution is 2.09. The van der Waals surface area contributed by atoms with Crippen molar-refractivity contribution in [3.63, 3.8) is 0 Å². The minimum absolute atomic E-state index is 0.0133. The fourth-order valence-corrected chi connectivity index (χ4v) is 1.34. The number of hydrogen-bond donors (Lipinski definition) is 1. The van der Waals surface area contributed by atoms with Crippen molar-refractivity contribution in [3.8, 4) is 0 Å². The average molecular weight is 210 g/mol. The van der Waals surface area contributed by atoms with Gasteiger partial charge in [0.05, 0.1) is 0 Å². The number of anilines is 1. The average Bonchev–Trinajstić information content (AvgIpc) is 2.59. The molecule has 0 saturated heterocycles. The van der Waals surface area contributed by atoms with Gasteiger partial charge in [0.15, 0.2) is 5.82 Å². The van der Waals surface area contributed by atoms with E-state index in [1.807, 2.05) is 0 Å².